The van der Waals surface area contributed by atoms with E-state index in [0.717, 1.165) is 5.01 Å². The van der Waals surface area contributed by atoms with Gasteiger partial charge in [0.2, 0.25) is 0 Å². The van der Waals surface area contributed by atoms with Crippen molar-refractivity contribution in [3.8, 4) is 0 Å². The van der Waals surface area contributed by atoms with Gasteiger partial charge in [-0.3, -0.25) is 0 Å². The lowest BCUT2D eigenvalue weighted by molar-refractivity contribution is 0.109. The first-order valence-corrected chi connectivity index (χ1v) is 4.02. The topological polar surface area (TPSA) is 58.8 Å². The lowest BCUT2D eigenvalue weighted by Crippen LogP contribution is -2.42. The predicted molar refractivity (Wildman–Crippen MR) is 58.2 cm³/mol. The Morgan fingerprint density at radius 1 is 1.50 bits per heavy atom. The summed E-state index contributed by atoms with van der Waals surface area (Å²) in [6, 6.07) is 0. The van der Waals surface area contributed by atoms with Crippen molar-refractivity contribution in [3.63, 3.8) is 0 Å². The summed E-state index contributed by atoms with van der Waals surface area (Å²) in [5.41, 5.74) is 0. The molecule has 0 heterocycles. The summed E-state index contributed by atoms with van der Waals surface area (Å²) in [6.07, 6.45) is 0.972. The Hall–Kier alpha value is -0.780. The van der Waals surface area contributed by atoms with E-state index in [0.29, 0.717) is 13.1 Å². The van der Waals surface area contributed by atoms with E-state index in [1.165, 1.54) is 6.08 Å². The van der Waals surface area contributed by atoms with Crippen LogP contribution in [0.4, 0.5) is 4.79 Å². The highest BCUT2D eigenvalue weighted by Crippen LogP contribution is 1.87. The average molecular weight is 224 g/mol. The number of carbonyl (C=O) groups is 1. The van der Waals surface area contributed by atoms with Crippen molar-refractivity contribution in [1.82, 2.24) is 9.91 Å². The van der Waals surface area contributed by atoms with E-state index in [4.69, 9.17) is 10.6 Å². The standard InChI is InChI=1S/C8H17N3O2.ClH/c1-4-7-13-8(12)11(9)6-5-10(2)3;/h4H,1,5-7,9H2,2-3H3;1H. The van der Waals surface area contributed by atoms with Gasteiger partial charge in [-0.1, -0.05) is 12.7 Å². The predicted octanol–water partition coefficient (Wildman–Crippen LogP) is 0.468. The number of nitrogens with two attached hydrogens (primary N) is 1. The maximum Gasteiger partial charge on any atom is 0.424 e. The van der Waals surface area contributed by atoms with Crippen molar-refractivity contribution < 1.29 is 9.53 Å². The second-order valence-electron chi connectivity index (χ2n) is 2.86. The molecule has 0 aliphatic carbocycles. The highest BCUT2D eigenvalue weighted by atomic mass is 35.5. The number of amides is 1. The van der Waals surface area contributed by atoms with Gasteiger partial charge in [-0.05, 0) is 14.1 Å². The number of rotatable bonds is 5. The molecule has 6 heteroatoms. The summed E-state index contributed by atoms with van der Waals surface area (Å²) in [6.45, 7) is 4.77. The minimum Gasteiger partial charge on any atom is -0.444 e. The summed E-state index contributed by atoms with van der Waals surface area (Å²) in [4.78, 5) is 13.0. The molecule has 0 aromatic carbocycles. The van der Waals surface area contributed by atoms with Crippen LogP contribution < -0.4 is 5.84 Å². The average Bonchev–Trinajstić information content (AvgIpc) is 2.10. The van der Waals surface area contributed by atoms with E-state index in [9.17, 15) is 4.79 Å². The number of hydrogen-bond acceptors (Lipinski definition) is 4. The molecular formula is C8H18ClN3O2. The lowest BCUT2D eigenvalue weighted by atomic mass is 10.6. The number of likely N-dealkylation sites (N-methyl/N-ethyl adjacent to an activating group) is 1. The van der Waals surface area contributed by atoms with Crippen LogP contribution in [0.3, 0.4) is 0 Å². The molecule has 0 atom stereocenters. The van der Waals surface area contributed by atoms with E-state index in [1.807, 2.05) is 19.0 Å². The molecule has 0 radical (unpaired) electrons. The first kappa shape index (κ1) is 15.7. The van der Waals surface area contributed by atoms with Gasteiger partial charge in [0.05, 0.1) is 6.54 Å². The molecule has 0 spiro atoms. The molecule has 0 aliphatic rings. The van der Waals surface area contributed by atoms with Crippen LogP contribution in [0.15, 0.2) is 12.7 Å². The van der Waals surface area contributed by atoms with Crippen molar-refractivity contribution in [2.45, 2.75) is 0 Å². The van der Waals surface area contributed by atoms with Gasteiger partial charge < -0.3 is 9.64 Å². The molecule has 2 N–H and O–H groups in total. The summed E-state index contributed by atoms with van der Waals surface area (Å²) in [5, 5.41) is 1.05. The van der Waals surface area contributed by atoms with Crippen LogP contribution in [0.25, 0.3) is 0 Å². The fourth-order valence-electron chi connectivity index (χ4n) is 0.612. The number of halogens is 1. The molecule has 14 heavy (non-hydrogen) atoms. The zero-order chi connectivity index (χ0) is 10.3. The normalized spacial score (nSPS) is 9.14. The van der Waals surface area contributed by atoms with Gasteiger partial charge in [0.25, 0.3) is 0 Å². The Kier molecular flexibility index (Phi) is 9.86. The van der Waals surface area contributed by atoms with Gasteiger partial charge in [-0.2, -0.15) is 0 Å². The molecule has 0 saturated heterocycles. The molecule has 0 aromatic heterocycles. The summed E-state index contributed by atoms with van der Waals surface area (Å²) < 4.78 is 4.71. The molecule has 5 nitrogen and oxygen atoms in total. The molecule has 0 saturated carbocycles. The minimum atomic E-state index is -0.526. The Morgan fingerprint density at radius 2 is 2.07 bits per heavy atom. The molecular weight excluding hydrogens is 206 g/mol. The summed E-state index contributed by atoms with van der Waals surface area (Å²) >= 11 is 0. The second-order valence-corrected chi connectivity index (χ2v) is 2.86. The Bertz CT molecular complexity index is 176. The van der Waals surface area contributed by atoms with E-state index < -0.39 is 6.09 Å². The number of hydrogen-bond donors (Lipinski definition) is 1. The van der Waals surface area contributed by atoms with Gasteiger partial charge >= 0.3 is 6.09 Å². The van der Waals surface area contributed by atoms with Crippen LogP contribution in [0, 0.1) is 0 Å². The third-order valence-electron chi connectivity index (χ3n) is 1.35. The fourth-order valence-corrected chi connectivity index (χ4v) is 0.612. The highest BCUT2D eigenvalue weighted by Gasteiger charge is 2.09. The summed E-state index contributed by atoms with van der Waals surface area (Å²) in [7, 11) is 3.81. The lowest BCUT2D eigenvalue weighted by Gasteiger charge is -2.18. The van der Waals surface area contributed by atoms with Gasteiger partial charge in [0.15, 0.2) is 0 Å². The largest absolute Gasteiger partial charge is 0.444 e. The van der Waals surface area contributed by atoms with Gasteiger partial charge in [-0.15, -0.1) is 12.4 Å². The maximum absolute atomic E-state index is 11.0. The van der Waals surface area contributed by atoms with Gasteiger partial charge in [0, 0.05) is 6.54 Å². The van der Waals surface area contributed by atoms with Crippen LogP contribution >= 0.6 is 12.4 Å². The molecule has 1 amide bonds. The molecule has 0 fully saturated rings. The fraction of sp³-hybridized carbons (Fsp3) is 0.625. The Balaban J connectivity index is 0. The van der Waals surface area contributed by atoms with Gasteiger partial charge in [0.1, 0.15) is 6.61 Å². The molecule has 84 valence electrons. The SMILES string of the molecule is C=CCOC(=O)N(N)CCN(C)C.Cl. The van der Waals surface area contributed by atoms with Crippen LogP contribution in [-0.2, 0) is 4.74 Å². The van der Waals surface area contributed by atoms with Crippen LogP contribution in [-0.4, -0.2) is 49.8 Å². The summed E-state index contributed by atoms with van der Waals surface area (Å²) in [5.74, 6) is 5.40. The Morgan fingerprint density at radius 3 is 2.50 bits per heavy atom. The van der Waals surface area contributed by atoms with Crippen LogP contribution in [0.1, 0.15) is 0 Å². The van der Waals surface area contributed by atoms with Crippen LogP contribution in [0.2, 0.25) is 0 Å². The number of carbonyl (C=O) groups excluding carboxylic acids is 1. The van der Waals surface area contributed by atoms with E-state index in [-0.39, 0.29) is 19.0 Å². The van der Waals surface area contributed by atoms with Gasteiger partial charge in [-0.25, -0.2) is 15.6 Å². The van der Waals surface area contributed by atoms with E-state index in [2.05, 4.69) is 6.58 Å². The molecule has 0 unspecified atom stereocenters. The minimum absolute atomic E-state index is 0. The smallest absolute Gasteiger partial charge is 0.424 e. The molecule has 0 aliphatic heterocycles. The Labute approximate surface area is 90.9 Å². The van der Waals surface area contributed by atoms with Crippen molar-refractivity contribution in [3.05, 3.63) is 12.7 Å². The van der Waals surface area contributed by atoms with Crippen molar-refractivity contribution in [2.75, 3.05) is 33.8 Å². The first-order chi connectivity index (χ1) is 6.07. The number of ether oxygens (including phenoxy) is 1. The molecule has 0 aromatic rings. The third-order valence-corrected chi connectivity index (χ3v) is 1.35. The van der Waals surface area contributed by atoms with Crippen molar-refractivity contribution in [1.29, 1.82) is 0 Å². The zero-order valence-electron chi connectivity index (χ0n) is 8.60. The zero-order valence-corrected chi connectivity index (χ0v) is 9.42. The molecule has 0 bridgehead atoms. The van der Waals surface area contributed by atoms with Crippen molar-refractivity contribution in [2.24, 2.45) is 5.84 Å². The monoisotopic (exact) mass is 223 g/mol. The molecule has 0 rings (SSSR count). The van der Waals surface area contributed by atoms with E-state index >= 15 is 0 Å². The number of hydrazine groups is 1. The number of nitrogens with zero attached hydrogens (tertiary/aromatic N) is 2. The van der Waals surface area contributed by atoms with Crippen molar-refractivity contribution >= 4 is 18.5 Å². The quantitative estimate of drug-likeness (QED) is 0.319. The first-order valence-electron chi connectivity index (χ1n) is 4.02. The highest BCUT2D eigenvalue weighted by molar-refractivity contribution is 5.85. The van der Waals surface area contributed by atoms with E-state index in [1.54, 1.807) is 0 Å². The van der Waals surface area contributed by atoms with Crippen LogP contribution in [0.5, 0.6) is 0 Å². The third kappa shape index (κ3) is 7.85. The maximum atomic E-state index is 11.0. The second kappa shape index (κ2) is 8.80.